The highest BCUT2D eigenvalue weighted by atomic mass is 19.4. The van der Waals surface area contributed by atoms with E-state index in [1.54, 1.807) is 25.1 Å². The van der Waals surface area contributed by atoms with Crippen LogP contribution in [-0.4, -0.2) is 4.98 Å². The van der Waals surface area contributed by atoms with Gasteiger partial charge in [-0.05, 0) is 55.3 Å². The molecule has 144 valence electrons. The molecular formula is C22H18F4N2. The van der Waals surface area contributed by atoms with Crippen molar-refractivity contribution in [1.29, 1.82) is 0 Å². The van der Waals surface area contributed by atoms with Gasteiger partial charge in [-0.3, -0.25) is 0 Å². The Kier molecular flexibility index (Phi) is 5.23. The molecule has 0 aliphatic heterocycles. The molecule has 0 saturated carbocycles. The molecular weight excluding hydrogens is 368 g/mol. The molecule has 0 saturated heterocycles. The minimum Gasteiger partial charge on any atom is -0.340 e. The highest BCUT2D eigenvalue weighted by Crippen LogP contribution is 2.37. The van der Waals surface area contributed by atoms with Crippen molar-refractivity contribution in [2.45, 2.75) is 20.0 Å². The van der Waals surface area contributed by atoms with Crippen LogP contribution >= 0.6 is 0 Å². The van der Waals surface area contributed by atoms with Crippen molar-refractivity contribution >= 4 is 11.5 Å². The summed E-state index contributed by atoms with van der Waals surface area (Å²) in [5.74, 6) is -0.0683. The molecule has 3 rings (SSSR count). The van der Waals surface area contributed by atoms with Crippen LogP contribution < -0.4 is 5.32 Å². The summed E-state index contributed by atoms with van der Waals surface area (Å²) in [6.45, 7) is 7.50. The zero-order valence-corrected chi connectivity index (χ0v) is 15.4. The number of hydrogen-bond donors (Lipinski definition) is 1. The van der Waals surface area contributed by atoms with Crippen molar-refractivity contribution in [2.75, 3.05) is 5.32 Å². The topological polar surface area (TPSA) is 24.9 Å². The molecule has 1 heterocycles. The predicted octanol–water partition coefficient (Wildman–Crippen LogP) is 6.61. The second kappa shape index (κ2) is 7.46. The molecule has 0 spiro atoms. The molecule has 0 aliphatic rings. The van der Waals surface area contributed by atoms with Gasteiger partial charge in [0.1, 0.15) is 11.6 Å². The number of benzene rings is 2. The SMILES string of the molecule is C=C(Nc1cc(C)cc(-c2ccccc2C(F)(F)F)n1)c1cc(F)ccc1C. The van der Waals surface area contributed by atoms with Gasteiger partial charge in [-0.15, -0.1) is 0 Å². The van der Waals surface area contributed by atoms with E-state index in [0.717, 1.165) is 17.2 Å². The number of aromatic nitrogens is 1. The number of anilines is 1. The van der Waals surface area contributed by atoms with Gasteiger partial charge in [0.2, 0.25) is 0 Å². The first kappa shape index (κ1) is 19.6. The van der Waals surface area contributed by atoms with Crippen LogP contribution in [0.25, 0.3) is 17.0 Å². The van der Waals surface area contributed by atoms with Crippen molar-refractivity contribution in [1.82, 2.24) is 4.98 Å². The maximum absolute atomic E-state index is 13.6. The number of rotatable bonds is 4. The average molecular weight is 386 g/mol. The minimum absolute atomic E-state index is 0.00528. The molecule has 0 unspecified atom stereocenters. The summed E-state index contributed by atoms with van der Waals surface area (Å²) in [5, 5.41) is 2.98. The van der Waals surface area contributed by atoms with Gasteiger partial charge in [0.25, 0.3) is 0 Å². The highest BCUT2D eigenvalue weighted by molar-refractivity contribution is 5.77. The zero-order valence-electron chi connectivity index (χ0n) is 15.4. The molecule has 0 aliphatic carbocycles. The van der Waals surface area contributed by atoms with Gasteiger partial charge < -0.3 is 5.32 Å². The lowest BCUT2D eigenvalue weighted by atomic mass is 10.0. The highest BCUT2D eigenvalue weighted by Gasteiger charge is 2.33. The number of pyridine rings is 1. The maximum atomic E-state index is 13.6. The fraction of sp³-hybridized carbons (Fsp3) is 0.136. The predicted molar refractivity (Wildman–Crippen MR) is 103 cm³/mol. The van der Waals surface area contributed by atoms with E-state index in [4.69, 9.17) is 0 Å². The third kappa shape index (κ3) is 4.22. The van der Waals surface area contributed by atoms with Crippen molar-refractivity contribution in [3.63, 3.8) is 0 Å². The standard InChI is InChI=1S/C22H18F4N2/c1-13-10-20(17-6-4-5-7-19(17)22(24,25)26)28-21(11-13)27-15(3)18-12-16(23)9-8-14(18)2/h4-12H,3H2,1-2H3,(H,27,28). The molecule has 0 amide bonds. The molecule has 28 heavy (non-hydrogen) atoms. The van der Waals surface area contributed by atoms with E-state index in [9.17, 15) is 17.6 Å². The van der Waals surface area contributed by atoms with Gasteiger partial charge in [-0.1, -0.05) is 30.8 Å². The van der Waals surface area contributed by atoms with E-state index in [1.165, 1.54) is 30.3 Å². The van der Waals surface area contributed by atoms with Crippen molar-refractivity contribution in [3.05, 3.63) is 89.2 Å². The lowest BCUT2D eigenvalue weighted by Gasteiger charge is -2.16. The van der Waals surface area contributed by atoms with Crippen molar-refractivity contribution in [2.24, 2.45) is 0 Å². The van der Waals surface area contributed by atoms with E-state index in [2.05, 4.69) is 16.9 Å². The normalized spacial score (nSPS) is 11.4. The largest absolute Gasteiger partial charge is 0.417 e. The van der Waals surface area contributed by atoms with Gasteiger partial charge in [0.15, 0.2) is 0 Å². The fourth-order valence-corrected chi connectivity index (χ4v) is 2.96. The Hall–Kier alpha value is -3.15. The Balaban J connectivity index is 2.00. The van der Waals surface area contributed by atoms with Gasteiger partial charge in [-0.2, -0.15) is 13.2 Å². The van der Waals surface area contributed by atoms with E-state index >= 15 is 0 Å². The Labute approximate surface area is 160 Å². The first-order valence-corrected chi connectivity index (χ1v) is 8.53. The van der Waals surface area contributed by atoms with Crippen LogP contribution in [0.4, 0.5) is 23.4 Å². The number of hydrogen-bond acceptors (Lipinski definition) is 2. The van der Waals surface area contributed by atoms with Crippen LogP contribution in [-0.2, 0) is 6.18 Å². The summed E-state index contributed by atoms with van der Waals surface area (Å²) in [7, 11) is 0. The summed E-state index contributed by atoms with van der Waals surface area (Å²) in [4.78, 5) is 4.33. The van der Waals surface area contributed by atoms with Crippen molar-refractivity contribution < 1.29 is 17.6 Å². The molecule has 0 atom stereocenters. The summed E-state index contributed by atoms with van der Waals surface area (Å²) in [6.07, 6.45) is -4.49. The van der Waals surface area contributed by atoms with Gasteiger partial charge in [0.05, 0.1) is 11.3 Å². The number of nitrogens with zero attached hydrogens (tertiary/aromatic N) is 1. The summed E-state index contributed by atoms with van der Waals surface area (Å²) in [5.41, 5.74) is 1.96. The number of nitrogens with one attached hydrogen (secondary N) is 1. The molecule has 6 heteroatoms. The van der Waals surface area contributed by atoms with Crippen molar-refractivity contribution in [3.8, 4) is 11.3 Å². The van der Waals surface area contributed by atoms with Crippen LogP contribution in [0.15, 0.2) is 61.2 Å². The Morgan fingerprint density at radius 3 is 2.43 bits per heavy atom. The second-order valence-electron chi connectivity index (χ2n) is 6.52. The van der Waals surface area contributed by atoms with Crippen LogP contribution in [0.5, 0.6) is 0 Å². The Morgan fingerprint density at radius 2 is 1.71 bits per heavy atom. The first-order chi connectivity index (χ1) is 13.1. The number of aryl methyl sites for hydroxylation is 2. The molecule has 1 N–H and O–H groups in total. The fourth-order valence-electron chi connectivity index (χ4n) is 2.96. The number of halogens is 4. The first-order valence-electron chi connectivity index (χ1n) is 8.53. The smallest absolute Gasteiger partial charge is 0.340 e. The molecule has 1 aromatic heterocycles. The quantitative estimate of drug-likeness (QED) is 0.511. The Bertz CT molecular complexity index is 1040. The van der Waals surface area contributed by atoms with Gasteiger partial charge >= 0.3 is 6.18 Å². The minimum atomic E-state index is -4.49. The van der Waals surface area contributed by atoms with E-state index in [0.29, 0.717) is 17.1 Å². The molecule has 0 fully saturated rings. The van der Waals surface area contributed by atoms with E-state index < -0.39 is 17.6 Å². The summed E-state index contributed by atoms with van der Waals surface area (Å²) < 4.78 is 53.6. The molecule has 3 aromatic rings. The van der Waals surface area contributed by atoms with Crippen LogP contribution in [0.1, 0.15) is 22.3 Å². The summed E-state index contributed by atoms with van der Waals surface area (Å²) >= 11 is 0. The molecule has 0 bridgehead atoms. The van der Waals surface area contributed by atoms with Crippen LogP contribution in [0, 0.1) is 19.7 Å². The average Bonchev–Trinajstić information content (AvgIpc) is 2.62. The molecule has 2 aromatic carbocycles. The van der Waals surface area contributed by atoms with Crippen LogP contribution in [0.3, 0.4) is 0 Å². The summed E-state index contributed by atoms with van der Waals surface area (Å²) in [6, 6.07) is 12.9. The molecule has 0 radical (unpaired) electrons. The van der Waals surface area contributed by atoms with E-state index in [1.807, 2.05) is 6.92 Å². The zero-order chi connectivity index (χ0) is 20.5. The van der Waals surface area contributed by atoms with Crippen LogP contribution in [0.2, 0.25) is 0 Å². The maximum Gasteiger partial charge on any atom is 0.417 e. The Morgan fingerprint density at radius 1 is 1.00 bits per heavy atom. The third-order valence-electron chi connectivity index (χ3n) is 4.28. The lowest BCUT2D eigenvalue weighted by molar-refractivity contribution is -0.137. The third-order valence-corrected chi connectivity index (χ3v) is 4.28. The number of alkyl halides is 3. The van der Waals surface area contributed by atoms with E-state index in [-0.39, 0.29) is 11.3 Å². The molecule has 2 nitrogen and oxygen atoms in total. The second-order valence-corrected chi connectivity index (χ2v) is 6.52. The monoisotopic (exact) mass is 386 g/mol. The van der Waals surface area contributed by atoms with Gasteiger partial charge in [0, 0.05) is 16.8 Å². The lowest BCUT2D eigenvalue weighted by Crippen LogP contribution is -2.08. The van der Waals surface area contributed by atoms with Gasteiger partial charge in [-0.25, -0.2) is 9.37 Å².